The van der Waals surface area contributed by atoms with Crippen molar-refractivity contribution in [2.24, 2.45) is 0 Å². The smallest absolute Gasteiger partial charge is 0.319 e. The Labute approximate surface area is 173 Å². The van der Waals surface area contributed by atoms with Gasteiger partial charge in [-0.15, -0.1) is 0 Å². The molecule has 2 N–H and O–H groups in total. The summed E-state index contributed by atoms with van der Waals surface area (Å²) in [6.45, 7) is 5.06. The molecular formula is C23H31N3O3. The number of benzene rings is 2. The summed E-state index contributed by atoms with van der Waals surface area (Å²) in [6, 6.07) is 11.8. The third-order valence-corrected chi connectivity index (χ3v) is 5.21. The van der Waals surface area contributed by atoms with E-state index in [1.54, 1.807) is 32.4 Å². The third kappa shape index (κ3) is 5.34. The second kappa shape index (κ2) is 10.0. The van der Waals surface area contributed by atoms with Gasteiger partial charge < -0.3 is 25.0 Å². The first-order valence-corrected chi connectivity index (χ1v) is 10.3. The molecule has 0 fully saturated rings. The topological polar surface area (TPSA) is 62.8 Å². The predicted molar refractivity (Wildman–Crippen MR) is 118 cm³/mol. The number of methoxy groups -OCH3 is 2. The number of amides is 2. The number of carbonyl (C=O) groups excluding carboxylic acids is 1. The van der Waals surface area contributed by atoms with Crippen molar-refractivity contribution in [3.63, 3.8) is 0 Å². The number of carbonyl (C=O) groups is 1. The normalized spacial score (nSPS) is 12.9. The molecule has 1 heterocycles. The van der Waals surface area contributed by atoms with E-state index in [9.17, 15) is 4.79 Å². The van der Waals surface area contributed by atoms with Gasteiger partial charge in [0.2, 0.25) is 0 Å². The lowest BCUT2D eigenvalue weighted by molar-refractivity contribution is 0.252. The van der Waals surface area contributed by atoms with Crippen LogP contribution in [-0.2, 0) is 12.8 Å². The zero-order valence-electron chi connectivity index (χ0n) is 17.6. The summed E-state index contributed by atoms with van der Waals surface area (Å²) in [5.74, 6) is 1.24. The van der Waals surface area contributed by atoms with Crippen molar-refractivity contribution < 1.29 is 14.3 Å². The Hall–Kier alpha value is -2.89. The Kier molecular flexibility index (Phi) is 7.22. The fourth-order valence-corrected chi connectivity index (χ4v) is 3.77. The second-order valence-electron chi connectivity index (χ2n) is 7.25. The molecule has 0 aliphatic carbocycles. The van der Waals surface area contributed by atoms with Crippen molar-refractivity contribution in [3.8, 4) is 11.5 Å². The molecule has 156 valence electrons. The number of hydrogen-bond donors (Lipinski definition) is 2. The van der Waals surface area contributed by atoms with E-state index >= 15 is 0 Å². The molecule has 2 aromatic carbocycles. The second-order valence-corrected chi connectivity index (χ2v) is 7.25. The fourth-order valence-electron chi connectivity index (χ4n) is 3.77. The van der Waals surface area contributed by atoms with Gasteiger partial charge in [0.05, 0.1) is 19.9 Å². The van der Waals surface area contributed by atoms with Gasteiger partial charge in [-0.25, -0.2) is 4.79 Å². The van der Waals surface area contributed by atoms with Crippen LogP contribution in [0.1, 0.15) is 30.9 Å². The van der Waals surface area contributed by atoms with Gasteiger partial charge in [0, 0.05) is 31.4 Å². The zero-order chi connectivity index (χ0) is 20.6. The molecule has 6 heteroatoms. The van der Waals surface area contributed by atoms with Crippen LogP contribution < -0.4 is 25.0 Å². The summed E-state index contributed by atoms with van der Waals surface area (Å²) in [5.41, 5.74) is 4.66. The highest BCUT2D eigenvalue weighted by molar-refractivity contribution is 5.91. The van der Waals surface area contributed by atoms with E-state index in [4.69, 9.17) is 9.47 Å². The van der Waals surface area contributed by atoms with Crippen LogP contribution in [0.15, 0.2) is 36.4 Å². The van der Waals surface area contributed by atoms with E-state index in [1.807, 2.05) is 0 Å². The van der Waals surface area contributed by atoms with Gasteiger partial charge in [-0.05, 0) is 55.0 Å². The van der Waals surface area contributed by atoms with Gasteiger partial charge in [-0.3, -0.25) is 0 Å². The number of hydrogen-bond acceptors (Lipinski definition) is 4. The summed E-state index contributed by atoms with van der Waals surface area (Å²) < 4.78 is 10.5. The van der Waals surface area contributed by atoms with Crippen LogP contribution in [-0.4, -0.2) is 39.9 Å². The van der Waals surface area contributed by atoms with Gasteiger partial charge in [0.25, 0.3) is 0 Å². The molecule has 0 saturated carbocycles. The Bertz CT molecular complexity index is 838. The highest BCUT2D eigenvalue weighted by Gasteiger charge is 2.16. The van der Waals surface area contributed by atoms with Crippen LogP contribution in [0.3, 0.4) is 0 Å². The van der Waals surface area contributed by atoms with E-state index in [-0.39, 0.29) is 6.03 Å². The molecule has 3 rings (SSSR count). The number of nitrogens with one attached hydrogen (secondary N) is 2. The van der Waals surface area contributed by atoms with Crippen LogP contribution >= 0.6 is 0 Å². The third-order valence-electron chi connectivity index (χ3n) is 5.21. The van der Waals surface area contributed by atoms with Crippen LogP contribution in [0.2, 0.25) is 0 Å². The van der Waals surface area contributed by atoms with Crippen LogP contribution in [0, 0.1) is 0 Å². The Morgan fingerprint density at radius 2 is 2.00 bits per heavy atom. The number of ether oxygens (including phenoxy) is 2. The lowest BCUT2D eigenvalue weighted by Gasteiger charge is -2.31. The molecule has 6 nitrogen and oxygen atoms in total. The number of rotatable bonds is 8. The summed E-state index contributed by atoms with van der Waals surface area (Å²) in [7, 11) is 3.16. The quantitative estimate of drug-likeness (QED) is 0.700. The van der Waals surface area contributed by atoms with E-state index in [1.165, 1.54) is 29.7 Å². The SMILES string of the molecule is CCCN1CCCc2cc(CCNC(=O)Nc3ccc(OC)cc3OC)ccc21. The van der Waals surface area contributed by atoms with Crippen molar-refractivity contribution in [1.29, 1.82) is 0 Å². The molecule has 2 amide bonds. The van der Waals surface area contributed by atoms with E-state index in [0.717, 1.165) is 25.9 Å². The van der Waals surface area contributed by atoms with Crippen LogP contribution in [0.25, 0.3) is 0 Å². The molecule has 0 atom stereocenters. The van der Waals surface area contributed by atoms with Gasteiger partial charge in [-0.2, -0.15) is 0 Å². The molecule has 0 bridgehead atoms. The molecule has 2 aromatic rings. The van der Waals surface area contributed by atoms with Crippen molar-refractivity contribution in [1.82, 2.24) is 5.32 Å². The lowest BCUT2D eigenvalue weighted by atomic mass is 9.98. The fraction of sp³-hybridized carbons (Fsp3) is 0.435. The predicted octanol–water partition coefficient (Wildman–Crippen LogP) is 4.23. The average molecular weight is 398 g/mol. The zero-order valence-corrected chi connectivity index (χ0v) is 17.6. The summed E-state index contributed by atoms with van der Waals surface area (Å²) >= 11 is 0. The van der Waals surface area contributed by atoms with E-state index in [0.29, 0.717) is 23.7 Å². The van der Waals surface area contributed by atoms with Crippen molar-refractivity contribution >= 4 is 17.4 Å². The standard InChI is InChI=1S/C23H31N3O3/c1-4-13-26-14-5-6-18-15-17(7-10-21(18)26)11-12-24-23(27)25-20-9-8-19(28-2)16-22(20)29-3/h7-10,15-16H,4-6,11-14H2,1-3H3,(H2,24,25,27). The molecule has 0 radical (unpaired) electrons. The Balaban J connectivity index is 1.53. The first-order valence-electron chi connectivity index (χ1n) is 10.3. The molecule has 1 aliphatic heterocycles. The van der Waals surface area contributed by atoms with Crippen LogP contribution in [0.4, 0.5) is 16.2 Å². The minimum atomic E-state index is -0.249. The maximum absolute atomic E-state index is 12.3. The average Bonchev–Trinajstić information content (AvgIpc) is 2.74. The highest BCUT2D eigenvalue weighted by atomic mass is 16.5. The molecule has 0 unspecified atom stereocenters. The molecule has 0 aromatic heterocycles. The Morgan fingerprint density at radius 3 is 2.76 bits per heavy atom. The van der Waals surface area contributed by atoms with Gasteiger partial charge in [0.15, 0.2) is 0 Å². The molecular weight excluding hydrogens is 366 g/mol. The van der Waals surface area contributed by atoms with Gasteiger partial charge >= 0.3 is 6.03 Å². The number of nitrogens with zero attached hydrogens (tertiary/aromatic N) is 1. The lowest BCUT2D eigenvalue weighted by Crippen LogP contribution is -2.31. The number of aryl methyl sites for hydroxylation is 1. The maximum Gasteiger partial charge on any atom is 0.319 e. The highest BCUT2D eigenvalue weighted by Crippen LogP contribution is 2.29. The summed E-state index contributed by atoms with van der Waals surface area (Å²) in [4.78, 5) is 14.7. The monoisotopic (exact) mass is 397 g/mol. The number of anilines is 2. The summed E-state index contributed by atoms with van der Waals surface area (Å²) in [6.07, 6.45) is 4.31. The number of fused-ring (bicyclic) bond motifs is 1. The van der Waals surface area contributed by atoms with Gasteiger partial charge in [0.1, 0.15) is 11.5 Å². The minimum Gasteiger partial charge on any atom is -0.497 e. The van der Waals surface area contributed by atoms with E-state index in [2.05, 4.69) is 40.7 Å². The largest absolute Gasteiger partial charge is 0.497 e. The van der Waals surface area contributed by atoms with Gasteiger partial charge in [-0.1, -0.05) is 19.1 Å². The maximum atomic E-state index is 12.3. The first kappa shape index (κ1) is 20.8. The first-order chi connectivity index (χ1) is 14.1. The molecule has 29 heavy (non-hydrogen) atoms. The van der Waals surface area contributed by atoms with Crippen molar-refractivity contribution in [2.45, 2.75) is 32.6 Å². The molecule has 1 aliphatic rings. The van der Waals surface area contributed by atoms with Crippen molar-refractivity contribution in [3.05, 3.63) is 47.5 Å². The number of urea groups is 1. The van der Waals surface area contributed by atoms with Crippen LogP contribution in [0.5, 0.6) is 11.5 Å². The van der Waals surface area contributed by atoms with Crippen molar-refractivity contribution in [2.75, 3.05) is 44.1 Å². The van der Waals surface area contributed by atoms with E-state index < -0.39 is 0 Å². The molecule has 0 spiro atoms. The Morgan fingerprint density at radius 1 is 1.14 bits per heavy atom. The molecule has 0 saturated heterocycles. The minimum absolute atomic E-state index is 0.249. The summed E-state index contributed by atoms with van der Waals surface area (Å²) in [5, 5.41) is 5.75.